The lowest BCUT2D eigenvalue weighted by Crippen LogP contribution is -2.54. The molecular weight excluding hydrogens is 296 g/mol. The molecular formula is C16H20N4O3. The maximum Gasteiger partial charge on any atom is 0.410 e. The van der Waals surface area contributed by atoms with Crippen LogP contribution in [0.2, 0.25) is 0 Å². The van der Waals surface area contributed by atoms with Crippen LogP contribution in [0.4, 0.5) is 4.79 Å². The summed E-state index contributed by atoms with van der Waals surface area (Å²) in [5, 5.41) is 14.1. The van der Waals surface area contributed by atoms with Crippen molar-refractivity contribution in [1.29, 1.82) is 0 Å². The number of hydrogen-bond donors (Lipinski definition) is 1. The van der Waals surface area contributed by atoms with E-state index in [2.05, 4.69) is 10.0 Å². The second kappa shape index (κ2) is 6.48. The monoisotopic (exact) mass is 316 g/mol. The highest BCUT2D eigenvalue weighted by molar-refractivity contribution is 5.69. The molecule has 2 fully saturated rings. The third kappa shape index (κ3) is 3.41. The summed E-state index contributed by atoms with van der Waals surface area (Å²) in [5.74, 6) is 0. The van der Waals surface area contributed by atoms with E-state index in [1.807, 2.05) is 30.3 Å². The van der Waals surface area contributed by atoms with E-state index < -0.39 is 5.60 Å². The number of hydrogen-bond acceptors (Lipinski definition) is 4. The SMILES string of the molecule is [N-]=[N+]=NCC1(O)C[C@H]2CC[C@@H](C1)N2C(=O)OCc1ccccc1. The molecule has 2 aliphatic heterocycles. The Hall–Kier alpha value is -2.24. The fourth-order valence-electron chi connectivity index (χ4n) is 3.71. The zero-order valence-electron chi connectivity index (χ0n) is 12.8. The summed E-state index contributed by atoms with van der Waals surface area (Å²) in [6.07, 6.45) is 2.24. The van der Waals surface area contributed by atoms with Crippen LogP contribution >= 0.6 is 0 Å². The average molecular weight is 316 g/mol. The van der Waals surface area contributed by atoms with Crippen molar-refractivity contribution in [2.75, 3.05) is 6.54 Å². The summed E-state index contributed by atoms with van der Waals surface area (Å²) in [7, 11) is 0. The minimum atomic E-state index is -1.01. The topological polar surface area (TPSA) is 98.5 Å². The van der Waals surface area contributed by atoms with Gasteiger partial charge in [-0.2, -0.15) is 0 Å². The number of ether oxygens (including phenoxy) is 1. The molecule has 23 heavy (non-hydrogen) atoms. The third-order valence-electron chi connectivity index (χ3n) is 4.70. The number of azide groups is 1. The van der Waals surface area contributed by atoms with Gasteiger partial charge in [-0.25, -0.2) is 4.79 Å². The Bertz CT molecular complexity index is 601. The van der Waals surface area contributed by atoms with E-state index in [0.29, 0.717) is 12.8 Å². The van der Waals surface area contributed by atoms with Gasteiger partial charge in [-0.15, -0.1) is 0 Å². The van der Waals surface area contributed by atoms with Gasteiger partial charge in [0.15, 0.2) is 0 Å². The predicted molar refractivity (Wildman–Crippen MR) is 83.5 cm³/mol. The van der Waals surface area contributed by atoms with Crippen LogP contribution < -0.4 is 0 Å². The summed E-state index contributed by atoms with van der Waals surface area (Å²) in [6.45, 7) is 0.308. The van der Waals surface area contributed by atoms with Crippen molar-refractivity contribution in [1.82, 2.24) is 4.90 Å². The van der Waals surface area contributed by atoms with Crippen molar-refractivity contribution in [3.8, 4) is 0 Å². The normalized spacial score (nSPS) is 29.0. The Morgan fingerprint density at radius 2 is 2.00 bits per heavy atom. The van der Waals surface area contributed by atoms with Gasteiger partial charge in [-0.05, 0) is 36.8 Å². The molecule has 7 heteroatoms. The van der Waals surface area contributed by atoms with Gasteiger partial charge in [0.25, 0.3) is 0 Å². The van der Waals surface area contributed by atoms with Gasteiger partial charge >= 0.3 is 6.09 Å². The summed E-state index contributed by atoms with van der Waals surface area (Å²) >= 11 is 0. The molecule has 1 N–H and O–H groups in total. The van der Waals surface area contributed by atoms with Crippen molar-refractivity contribution < 1.29 is 14.6 Å². The minimum absolute atomic E-state index is 0.0454. The molecule has 2 bridgehead atoms. The highest BCUT2D eigenvalue weighted by Gasteiger charge is 2.49. The molecule has 2 saturated heterocycles. The lowest BCUT2D eigenvalue weighted by Gasteiger charge is -2.42. The Labute approximate surface area is 134 Å². The second-order valence-electron chi connectivity index (χ2n) is 6.35. The first kappa shape index (κ1) is 15.6. The third-order valence-corrected chi connectivity index (χ3v) is 4.70. The quantitative estimate of drug-likeness (QED) is 0.525. The maximum atomic E-state index is 12.4. The Kier molecular flexibility index (Phi) is 4.41. The number of nitrogens with zero attached hydrogens (tertiary/aromatic N) is 4. The number of benzene rings is 1. The fourth-order valence-corrected chi connectivity index (χ4v) is 3.71. The van der Waals surface area contributed by atoms with Crippen LogP contribution in [-0.2, 0) is 11.3 Å². The predicted octanol–water partition coefficient (Wildman–Crippen LogP) is 2.99. The number of fused-ring (bicyclic) bond motifs is 2. The van der Waals surface area contributed by atoms with E-state index in [1.165, 1.54) is 0 Å². The molecule has 1 unspecified atom stereocenters. The van der Waals surface area contributed by atoms with Gasteiger partial charge in [-0.1, -0.05) is 35.4 Å². The van der Waals surface area contributed by atoms with Gasteiger partial charge in [0.05, 0.1) is 12.1 Å². The molecule has 1 aromatic carbocycles. The average Bonchev–Trinajstić information content (AvgIpc) is 2.84. The number of amides is 1. The van der Waals surface area contributed by atoms with E-state index in [9.17, 15) is 9.90 Å². The van der Waals surface area contributed by atoms with Crippen molar-refractivity contribution in [2.24, 2.45) is 5.11 Å². The number of rotatable bonds is 4. The second-order valence-corrected chi connectivity index (χ2v) is 6.35. The van der Waals surface area contributed by atoms with E-state index in [4.69, 9.17) is 10.3 Å². The van der Waals surface area contributed by atoms with Gasteiger partial charge in [-0.3, -0.25) is 0 Å². The molecule has 2 aliphatic rings. The van der Waals surface area contributed by atoms with Crippen molar-refractivity contribution >= 4 is 6.09 Å². The smallest absolute Gasteiger partial charge is 0.410 e. The molecule has 0 aliphatic carbocycles. The molecule has 2 heterocycles. The molecule has 0 spiro atoms. The maximum absolute atomic E-state index is 12.4. The lowest BCUT2D eigenvalue weighted by molar-refractivity contribution is -0.0426. The van der Waals surface area contributed by atoms with E-state index in [0.717, 1.165) is 18.4 Å². The number of carbonyl (C=O) groups excluding carboxylic acids is 1. The number of piperidine rings is 1. The minimum Gasteiger partial charge on any atom is -0.445 e. The van der Waals surface area contributed by atoms with E-state index >= 15 is 0 Å². The molecule has 3 rings (SSSR count). The molecule has 3 atom stereocenters. The number of carbonyl (C=O) groups is 1. The zero-order chi connectivity index (χ0) is 16.3. The van der Waals surface area contributed by atoms with Crippen LogP contribution in [0.15, 0.2) is 35.4 Å². The van der Waals surface area contributed by atoms with Gasteiger partial charge in [0.1, 0.15) is 6.61 Å². The van der Waals surface area contributed by atoms with Crippen molar-refractivity contribution in [3.63, 3.8) is 0 Å². The molecule has 0 saturated carbocycles. The molecule has 0 radical (unpaired) electrons. The van der Waals surface area contributed by atoms with Crippen LogP contribution in [-0.4, -0.2) is 40.3 Å². The molecule has 1 amide bonds. The van der Waals surface area contributed by atoms with Crippen molar-refractivity contribution in [2.45, 2.75) is 50.0 Å². The first-order chi connectivity index (χ1) is 11.1. The highest BCUT2D eigenvalue weighted by atomic mass is 16.6. The summed E-state index contributed by atoms with van der Waals surface area (Å²) in [4.78, 5) is 16.9. The molecule has 122 valence electrons. The zero-order valence-corrected chi connectivity index (χ0v) is 12.8. The summed E-state index contributed by atoms with van der Waals surface area (Å²) < 4.78 is 5.42. The van der Waals surface area contributed by atoms with Crippen LogP contribution in [0.5, 0.6) is 0 Å². The molecule has 0 aromatic heterocycles. The van der Waals surface area contributed by atoms with Crippen LogP contribution in [0, 0.1) is 0 Å². The Morgan fingerprint density at radius 3 is 2.61 bits per heavy atom. The van der Waals surface area contributed by atoms with Gasteiger partial charge in [0.2, 0.25) is 0 Å². The highest BCUT2D eigenvalue weighted by Crippen LogP contribution is 2.41. The lowest BCUT2D eigenvalue weighted by atomic mass is 9.86. The molecule has 1 aromatic rings. The van der Waals surface area contributed by atoms with Crippen LogP contribution in [0.1, 0.15) is 31.2 Å². The van der Waals surface area contributed by atoms with Crippen molar-refractivity contribution in [3.05, 3.63) is 46.3 Å². The van der Waals surface area contributed by atoms with Gasteiger partial charge in [0, 0.05) is 17.0 Å². The summed E-state index contributed by atoms with van der Waals surface area (Å²) in [5.41, 5.74) is 8.38. The van der Waals surface area contributed by atoms with Crippen LogP contribution in [0.25, 0.3) is 10.4 Å². The van der Waals surface area contributed by atoms with Crippen LogP contribution in [0.3, 0.4) is 0 Å². The fraction of sp³-hybridized carbons (Fsp3) is 0.562. The van der Waals surface area contributed by atoms with E-state index in [1.54, 1.807) is 4.90 Å². The largest absolute Gasteiger partial charge is 0.445 e. The van der Waals surface area contributed by atoms with E-state index in [-0.39, 0.29) is 31.3 Å². The number of aliphatic hydroxyl groups is 1. The Morgan fingerprint density at radius 1 is 1.35 bits per heavy atom. The Balaban J connectivity index is 1.61. The molecule has 7 nitrogen and oxygen atoms in total. The van der Waals surface area contributed by atoms with Gasteiger partial charge < -0.3 is 14.7 Å². The first-order valence-corrected chi connectivity index (χ1v) is 7.83. The first-order valence-electron chi connectivity index (χ1n) is 7.83. The standard InChI is InChI=1S/C16H20N4O3/c17-19-18-11-16(22)8-13-6-7-14(9-16)20(13)15(21)23-10-12-4-2-1-3-5-12/h1-5,13-14,22H,6-11H2/t13-,14+,16?. The summed E-state index contributed by atoms with van der Waals surface area (Å²) in [6, 6.07) is 9.47.